The van der Waals surface area contributed by atoms with Gasteiger partial charge in [0, 0.05) is 37.2 Å². The van der Waals surface area contributed by atoms with Crippen LogP contribution in [0.1, 0.15) is 45.1 Å². The third-order valence-electron chi connectivity index (χ3n) is 4.17. The molecule has 0 saturated heterocycles. The lowest BCUT2D eigenvalue weighted by molar-refractivity contribution is -0.123. The van der Waals surface area contributed by atoms with Crippen LogP contribution in [0, 0.1) is 5.41 Å². The molecule has 1 heterocycles. The molecule has 0 aliphatic carbocycles. The number of carbonyl (C=O) groups is 1. The van der Waals surface area contributed by atoms with Crippen LogP contribution >= 0.6 is 0 Å². The van der Waals surface area contributed by atoms with Gasteiger partial charge in [0.15, 0.2) is 0 Å². The first kappa shape index (κ1) is 15.8. The number of benzene rings is 1. The second kappa shape index (κ2) is 6.48. The van der Waals surface area contributed by atoms with Gasteiger partial charge in [0.2, 0.25) is 5.91 Å². The van der Waals surface area contributed by atoms with Crippen LogP contribution in [-0.4, -0.2) is 30.2 Å². The molecule has 1 aromatic carbocycles. The lowest BCUT2D eigenvalue weighted by Crippen LogP contribution is -2.44. The standard InChI is InChI=1S/C17H26N2O2/c1-17(2,3)15(8-9-20)19-16(21)10-12-11-18-14-7-5-4-6-13(12)14/h4-7,12,15,18,20H,8-11H2,1-3H3,(H,19,21). The first-order valence-corrected chi connectivity index (χ1v) is 7.65. The number of amides is 1. The predicted octanol–water partition coefficient (Wildman–Crippen LogP) is 2.50. The maximum Gasteiger partial charge on any atom is 0.220 e. The molecule has 2 rings (SSSR count). The molecule has 1 aliphatic heterocycles. The first-order valence-electron chi connectivity index (χ1n) is 7.65. The van der Waals surface area contributed by atoms with Crippen molar-refractivity contribution < 1.29 is 9.90 Å². The number of hydrogen-bond acceptors (Lipinski definition) is 3. The summed E-state index contributed by atoms with van der Waals surface area (Å²) in [7, 11) is 0. The second-order valence-electron chi connectivity index (χ2n) is 6.87. The van der Waals surface area contributed by atoms with Crippen LogP contribution < -0.4 is 10.6 Å². The molecule has 0 saturated carbocycles. The monoisotopic (exact) mass is 290 g/mol. The van der Waals surface area contributed by atoms with Crippen molar-refractivity contribution in [1.82, 2.24) is 5.32 Å². The van der Waals surface area contributed by atoms with Gasteiger partial charge in [0.25, 0.3) is 0 Å². The van der Waals surface area contributed by atoms with E-state index in [2.05, 4.69) is 43.5 Å². The first-order chi connectivity index (χ1) is 9.91. The van der Waals surface area contributed by atoms with E-state index in [1.807, 2.05) is 12.1 Å². The molecule has 0 spiro atoms. The van der Waals surface area contributed by atoms with Gasteiger partial charge >= 0.3 is 0 Å². The summed E-state index contributed by atoms with van der Waals surface area (Å²) in [4.78, 5) is 12.3. The van der Waals surface area contributed by atoms with Crippen molar-refractivity contribution in [3.8, 4) is 0 Å². The third kappa shape index (κ3) is 3.97. The van der Waals surface area contributed by atoms with Crippen molar-refractivity contribution in [2.75, 3.05) is 18.5 Å². The van der Waals surface area contributed by atoms with Gasteiger partial charge in [0.05, 0.1) is 0 Å². The maximum absolute atomic E-state index is 12.3. The molecule has 0 radical (unpaired) electrons. The molecule has 4 heteroatoms. The summed E-state index contributed by atoms with van der Waals surface area (Å²) in [5, 5.41) is 15.6. The van der Waals surface area contributed by atoms with Crippen LogP contribution in [0.15, 0.2) is 24.3 Å². The summed E-state index contributed by atoms with van der Waals surface area (Å²) in [6, 6.07) is 8.16. The van der Waals surface area contributed by atoms with Crippen LogP contribution in [-0.2, 0) is 4.79 Å². The maximum atomic E-state index is 12.3. The van der Waals surface area contributed by atoms with E-state index >= 15 is 0 Å². The molecule has 1 aliphatic rings. The van der Waals surface area contributed by atoms with Crippen LogP contribution in [0.4, 0.5) is 5.69 Å². The molecular formula is C17H26N2O2. The number of aliphatic hydroxyl groups is 1. The summed E-state index contributed by atoms with van der Waals surface area (Å²) in [6.45, 7) is 7.16. The van der Waals surface area contributed by atoms with E-state index in [1.54, 1.807) is 0 Å². The van der Waals surface area contributed by atoms with Gasteiger partial charge in [-0.05, 0) is 23.5 Å². The molecule has 0 fully saturated rings. The van der Waals surface area contributed by atoms with E-state index < -0.39 is 0 Å². The smallest absolute Gasteiger partial charge is 0.220 e. The predicted molar refractivity (Wildman–Crippen MR) is 85.4 cm³/mol. The van der Waals surface area contributed by atoms with Crippen molar-refractivity contribution in [3.63, 3.8) is 0 Å². The molecule has 3 N–H and O–H groups in total. The Morgan fingerprint density at radius 3 is 2.81 bits per heavy atom. The molecule has 21 heavy (non-hydrogen) atoms. The quantitative estimate of drug-likeness (QED) is 0.781. The summed E-state index contributed by atoms with van der Waals surface area (Å²) in [5.74, 6) is 0.294. The highest BCUT2D eigenvalue weighted by Gasteiger charge is 2.28. The van der Waals surface area contributed by atoms with Crippen molar-refractivity contribution in [3.05, 3.63) is 29.8 Å². The Morgan fingerprint density at radius 2 is 2.14 bits per heavy atom. The molecule has 1 aromatic rings. The van der Waals surface area contributed by atoms with Crippen molar-refractivity contribution in [1.29, 1.82) is 0 Å². The topological polar surface area (TPSA) is 61.4 Å². The van der Waals surface area contributed by atoms with Gasteiger partial charge in [-0.3, -0.25) is 4.79 Å². The average molecular weight is 290 g/mol. The Bertz CT molecular complexity index is 494. The van der Waals surface area contributed by atoms with Crippen molar-refractivity contribution in [2.24, 2.45) is 5.41 Å². The number of rotatable bonds is 5. The molecule has 1 amide bonds. The van der Waals surface area contributed by atoms with E-state index in [4.69, 9.17) is 5.11 Å². The number of nitrogens with one attached hydrogen (secondary N) is 2. The average Bonchev–Trinajstić information content (AvgIpc) is 2.81. The van der Waals surface area contributed by atoms with E-state index in [1.165, 1.54) is 5.56 Å². The lowest BCUT2D eigenvalue weighted by atomic mass is 9.84. The fourth-order valence-electron chi connectivity index (χ4n) is 2.87. The number of aliphatic hydroxyl groups excluding tert-OH is 1. The largest absolute Gasteiger partial charge is 0.396 e. The highest BCUT2D eigenvalue weighted by atomic mass is 16.3. The van der Waals surface area contributed by atoms with Crippen molar-refractivity contribution >= 4 is 11.6 Å². The third-order valence-corrected chi connectivity index (χ3v) is 4.17. The van der Waals surface area contributed by atoms with Crippen LogP contribution in [0.3, 0.4) is 0 Å². The van der Waals surface area contributed by atoms with E-state index in [0.717, 1.165) is 12.2 Å². The van der Waals surface area contributed by atoms with Gasteiger partial charge in [-0.15, -0.1) is 0 Å². The molecule has 2 atom stereocenters. The van der Waals surface area contributed by atoms with E-state index in [-0.39, 0.29) is 29.9 Å². The summed E-state index contributed by atoms with van der Waals surface area (Å²) >= 11 is 0. The second-order valence-corrected chi connectivity index (χ2v) is 6.87. The number of para-hydroxylation sites is 1. The van der Waals surface area contributed by atoms with Gasteiger partial charge in [-0.2, -0.15) is 0 Å². The Balaban J connectivity index is 1.96. The van der Waals surface area contributed by atoms with Gasteiger partial charge < -0.3 is 15.7 Å². The molecule has 4 nitrogen and oxygen atoms in total. The lowest BCUT2D eigenvalue weighted by Gasteiger charge is -2.31. The van der Waals surface area contributed by atoms with Crippen LogP contribution in [0.2, 0.25) is 0 Å². The Kier molecular flexibility index (Phi) is 4.88. The SMILES string of the molecule is CC(C)(C)C(CCO)NC(=O)CC1CNc2ccccc21. The zero-order valence-corrected chi connectivity index (χ0v) is 13.1. The zero-order chi connectivity index (χ0) is 15.5. The number of carbonyl (C=O) groups excluding carboxylic acids is 1. The molecule has 116 valence electrons. The van der Waals surface area contributed by atoms with E-state index in [9.17, 15) is 4.79 Å². The number of fused-ring (bicyclic) bond motifs is 1. The minimum absolute atomic E-state index is 0.000365. The summed E-state index contributed by atoms with van der Waals surface area (Å²) < 4.78 is 0. The zero-order valence-electron chi connectivity index (χ0n) is 13.1. The Hall–Kier alpha value is -1.55. The molecule has 0 aromatic heterocycles. The van der Waals surface area contributed by atoms with Gasteiger partial charge in [-0.1, -0.05) is 39.0 Å². The van der Waals surface area contributed by atoms with Gasteiger partial charge in [0.1, 0.15) is 0 Å². The number of anilines is 1. The summed E-state index contributed by atoms with van der Waals surface area (Å²) in [6.07, 6.45) is 1.08. The van der Waals surface area contributed by atoms with Crippen LogP contribution in [0.25, 0.3) is 0 Å². The van der Waals surface area contributed by atoms with E-state index in [0.29, 0.717) is 12.8 Å². The summed E-state index contributed by atoms with van der Waals surface area (Å²) in [5.41, 5.74) is 2.31. The van der Waals surface area contributed by atoms with Gasteiger partial charge in [-0.25, -0.2) is 0 Å². The highest BCUT2D eigenvalue weighted by molar-refractivity contribution is 5.78. The van der Waals surface area contributed by atoms with Crippen molar-refractivity contribution in [2.45, 2.75) is 45.6 Å². The fourth-order valence-corrected chi connectivity index (χ4v) is 2.87. The number of hydrogen-bond donors (Lipinski definition) is 3. The molecule has 0 bridgehead atoms. The fraction of sp³-hybridized carbons (Fsp3) is 0.588. The molecular weight excluding hydrogens is 264 g/mol. The molecule has 2 unspecified atom stereocenters. The normalized spacial score (nSPS) is 18.8. The highest BCUT2D eigenvalue weighted by Crippen LogP contribution is 2.33. The minimum atomic E-state index is -0.0514. The minimum Gasteiger partial charge on any atom is -0.396 e. The van der Waals surface area contributed by atoms with Crippen LogP contribution in [0.5, 0.6) is 0 Å². The Morgan fingerprint density at radius 1 is 1.43 bits per heavy atom. The Labute approximate surface area is 126 Å².